The average molecular weight is 347 g/mol. The van der Waals surface area contributed by atoms with Gasteiger partial charge in [0.25, 0.3) is 5.91 Å². The van der Waals surface area contributed by atoms with Crippen molar-refractivity contribution in [1.29, 1.82) is 0 Å². The molecule has 0 bridgehead atoms. The normalized spacial score (nSPS) is 21.0. The number of piperidine rings is 1. The predicted molar refractivity (Wildman–Crippen MR) is 96.2 cm³/mol. The maximum Gasteiger partial charge on any atom is 0.252 e. The van der Waals surface area contributed by atoms with Crippen LogP contribution >= 0.6 is 0 Å². The van der Waals surface area contributed by atoms with E-state index in [0.29, 0.717) is 19.4 Å². The quantitative estimate of drug-likeness (QED) is 0.801. The molecule has 6 nitrogen and oxygen atoms in total. The van der Waals surface area contributed by atoms with E-state index in [4.69, 9.17) is 9.47 Å². The first-order chi connectivity index (χ1) is 12.2. The van der Waals surface area contributed by atoms with Gasteiger partial charge < -0.3 is 20.1 Å². The molecule has 0 saturated carbocycles. The minimum atomic E-state index is -0.690. The number of hydrogen-bond donors (Lipinski definition) is 2. The first-order valence-corrected chi connectivity index (χ1v) is 9.14. The van der Waals surface area contributed by atoms with Crippen LogP contribution in [0.1, 0.15) is 24.0 Å². The Morgan fingerprint density at radius 1 is 1.24 bits per heavy atom. The molecule has 0 aliphatic carbocycles. The molecule has 25 heavy (non-hydrogen) atoms. The molecule has 0 atom stereocenters. The predicted octanol–water partition coefficient (Wildman–Crippen LogP) is 0.904. The van der Waals surface area contributed by atoms with Crippen molar-refractivity contribution < 1.29 is 14.3 Å². The van der Waals surface area contributed by atoms with Gasteiger partial charge in [-0.15, -0.1) is 0 Å². The van der Waals surface area contributed by atoms with Crippen molar-refractivity contribution in [2.24, 2.45) is 0 Å². The van der Waals surface area contributed by atoms with Crippen molar-refractivity contribution in [3.63, 3.8) is 0 Å². The van der Waals surface area contributed by atoms with Crippen molar-refractivity contribution in [2.45, 2.75) is 31.5 Å². The van der Waals surface area contributed by atoms with Crippen LogP contribution in [-0.2, 0) is 27.4 Å². The van der Waals surface area contributed by atoms with Gasteiger partial charge in [0.05, 0.1) is 13.2 Å². The summed E-state index contributed by atoms with van der Waals surface area (Å²) in [4.78, 5) is 15.1. The lowest BCUT2D eigenvalue weighted by Gasteiger charge is -2.35. The molecule has 138 valence electrons. The molecule has 0 spiro atoms. The number of carbonyl (C=O) groups is 1. The summed E-state index contributed by atoms with van der Waals surface area (Å²) in [6.45, 7) is 6.57. The van der Waals surface area contributed by atoms with Gasteiger partial charge >= 0.3 is 0 Å². The number of nitrogens with zero attached hydrogens (tertiary/aromatic N) is 1. The molecule has 2 fully saturated rings. The van der Waals surface area contributed by atoms with E-state index in [1.54, 1.807) is 7.11 Å². The van der Waals surface area contributed by atoms with E-state index in [-0.39, 0.29) is 5.91 Å². The Kier molecular flexibility index (Phi) is 6.42. The van der Waals surface area contributed by atoms with Crippen molar-refractivity contribution in [1.82, 2.24) is 15.5 Å². The van der Waals surface area contributed by atoms with Gasteiger partial charge in [-0.3, -0.25) is 9.69 Å². The fraction of sp³-hybridized carbons (Fsp3) is 0.632. The summed E-state index contributed by atoms with van der Waals surface area (Å²) < 4.78 is 11.0. The lowest BCUT2D eigenvalue weighted by Crippen LogP contribution is -2.54. The lowest BCUT2D eigenvalue weighted by atomic mass is 9.91. The molecule has 0 radical (unpaired) electrons. The molecule has 0 unspecified atom stereocenters. The standard InChI is InChI=1S/C19H29N3O3/c1-24-19(6-8-20-9-7-19)18(23)21-14-16-4-2-3-5-17(16)15-22-10-12-25-13-11-22/h2-5,20H,6-15H2,1H3,(H,21,23). The molecule has 2 N–H and O–H groups in total. The number of methoxy groups -OCH3 is 1. The maximum atomic E-state index is 12.7. The summed E-state index contributed by atoms with van der Waals surface area (Å²) >= 11 is 0. The SMILES string of the molecule is COC1(C(=O)NCc2ccccc2CN2CCOCC2)CCNCC1. The van der Waals surface area contributed by atoms with E-state index in [9.17, 15) is 4.79 Å². The van der Waals surface area contributed by atoms with Crippen molar-refractivity contribution >= 4 is 5.91 Å². The first kappa shape index (κ1) is 18.3. The Balaban J connectivity index is 1.61. The van der Waals surface area contributed by atoms with E-state index in [2.05, 4.69) is 33.7 Å². The fourth-order valence-corrected chi connectivity index (χ4v) is 3.58. The molecule has 2 saturated heterocycles. The number of carbonyl (C=O) groups excluding carboxylic acids is 1. The van der Waals surface area contributed by atoms with Gasteiger partial charge in [-0.2, -0.15) is 0 Å². The number of amides is 1. The number of nitrogens with one attached hydrogen (secondary N) is 2. The highest BCUT2D eigenvalue weighted by molar-refractivity contribution is 5.85. The van der Waals surface area contributed by atoms with Gasteiger partial charge in [0.2, 0.25) is 0 Å². The van der Waals surface area contributed by atoms with Gasteiger partial charge in [-0.1, -0.05) is 24.3 Å². The highest BCUT2D eigenvalue weighted by Crippen LogP contribution is 2.23. The highest BCUT2D eigenvalue weighted by atomic mass is 16.5. The average Bonchev–Trinajstić information content (AvgIpc) is 2.68. The molecule has 1 aromatic rings. The van der Waals surface area contributed by atoms with Crippen LogP contribution in [0, 0.1) is 0 Å². The molecule has 1 aromatic carbocycles. The summed E-state index contributed by atoms with van der Waals surface area (Å²) in [5.74, 6) is -0.00215. The minimum Gasteiger partial charge on any atom is -0.379 e. The van der Waals surface area contributed by atoms with E-state index in [1.165, 1.54) is 11.1 Å². The number of hydrogen-bond acceptors (Lipinski definition) is 5. The second-order valence-electron chi connectivity index (χ2n) is 6.79. The van der Waals surface area contributed by atoms with Crippen LogP contribution in [0.5, 0.6) is 0 Å². The maximum absolute atomic E-state index is 12.7. The molecule has 2 aliphatic rings. The summed E-state index contributed by atoms with van der Waals surface area (Å²) in [7, 11) is 1.64. The number of ether oxygens (including phenoxy) is 2. The topological polar surface area (TPSA) is 62.8 Å². The molecular weight excluding hydrogens is 318 g/mol. The third-order valence-corrected chi connectivity index (χ3v) is 5.27. The van der Waals surface area contributed by atoms with Crippen LogP contribution < -0.4 is 10.6 Å². The van der Waals surface area contributed by atoms with Crippen LogP contribution in [0.15, 0.2) is 24.3 Å². The summed E-state index contributed by atoms with van der Waals surface area (Å²) in [6, 6.07) is 8.33. The lowest BCUT2D eigenvalue weighted by molar-refractivity contribution is -0.146. The Bertz CT molecular complexity index is 567. The Morgan fingerprint density at radius 2 is 1.92 bits per heavy atom. The summed E-state index contributed by atoms with van der Waals surface area (Å²) in [6.07, 6.45) is 1.43. The van der Waals surface area contributed by atoms with Crippen molar-refractivity contribution in [3.8, 4) is 0 Å². The second-order valence-corrected chi connectivity index (χ2v) is 6.79. The van der Waals surface area contributed by atoms with Gasteiger partial charge in [-0.05, 0) is 37.1 Å². The number of rotatable bonds is 6. The zero-order valence-electron chi connectivity index (χ0n) is 15.1. The molecule has 6 heteroatoms. The summed E-state index contributed by atoms with van der Waals surface area (Å²) in [5, 5.41) is 6.38. The van der Waals surface area contributed by atoms with E-state index in [0.717, 1.165) is 45.9 Å². The van der Waals surface area contributed by atoms with E-state index < -0.39 is 5.60 Å². The van der Waals surface area contributed by atoms with Crippen molar-refractivity contribution in [2.75, 3.05) is 46.5 Å². The van der Waals surface area contributed by atoms with Gasteiger partial charge in [0, 0.05) is 33.3 Å². The minimum absolute atomic E-state index is 0.00215. The van der Waals surface area contributed by atoms with E-state index in [1.807, 2.05) is 6.07 Å². The first-order valence-electron chi connectivity index (χ1n) is 9.14. The zero-order chi connectivity index (χ0) is 17.5. The molecule has 0 aromatic heterocycles. The monoisotopic (exact) mass is 347 g/mol. The highest BCUT2D eigenvalue weighted by Gasteiger charge is 2.39. The number of morpholine rings is 1. The third-order valence-electron chi connectivity index (χ3n) is 5.27. The number of benzene rings is 1. The molecule has 3 rings (SSSR count). The Labute approximate surface area is 149 Å². The smallest absolute Gasteiger partial charge is 0.252 e. The zero-order valence-corrected chi connectivity index (χ0v) is 15.1. The largest absolute Gasteiger partial charge is 0.379 e. The third kappa shape index (κ3) is 4.58. The molecule has 2 heterocycles. The molecular formula is C19H29N3O3. The van der Waals surface area contributed by atoms with Gasteiger partial charge in [-0.25, -0.2) is 0 Å². The Morgan fingerprint density at radius 3 is 2.60 bits per heavy atom. The van der Waals surface area contributed by atoms with Crippen LogP contribution in [0.3, 0.4) is 0 Å². The summed E-state index contributed by atoms with van der Waals surface area (Å²) in [5.41, 5.74) is 1.74. The Hall–Kier alpha value is -1.47. The van der Waals surface area contributed by atoms with Gasteiger partial charge in [0.15, 0.2) is 0 Å². The van der Waals surface area contributed by atoms with Crippen LogP contribution in [0.4, 0.5) is 0 Å². The van der Waals surface area contributed by atoms with Crippen molar-refractivity contribution in [3.05, 3.63) is 35.4 Å². The molecule has 1 amide bonds. The van der Waals surface area contributed by atoms with Crippen LogP contribution in [0.2, 0.25) is 0 Å². The van der Waals surface area contributed by atoms with Crippen LogP contribution in [-0.4, -0.2) is 62.9 Å². The van der Waals surface area contributed by atoms with E-state index >= 15 is 0 Å². The van der Waals surface area contributed by atoms with Gasteiger partial charge in [0.1, 0.15) is 5.60 Å². The van der Waals surface area contributed by atoms with Crippen LogP contribution in [0.25, 0.3) is 0 Å². The molecule has 2 aliphatic heterocycles. The second kappa shape index (κ2) is 8.76. The fourth-order valence-electron chi connectivity index (χ4n) is 3.58.